The van der Waals surface area contributed by atoms with Crippen LogP contribution in [0, 0.1) is 0 Å². The summed E-state index contributed by atoms with van der Waals surface area (Å²) in [6.45, 7) is 1.86. The first-order chi connectivity index (χ1) is 13.7. The van der Waals surface area contributed by atoms with Gasteiger partial charge in [-0.2, -0.15) is 5.10 Å². The lowest BCUT2D eigenvalue weighted by Gasteiger charge is -2.18. The van der Waals surface area contributed by atoms with Crippen molar-refractivity contribution in [1.29, 1.82) is 0 Å². The number of carbonyl (C=O) groups is 2. The minimum absolute atomic E-state index is 0.00281. The van der Waals surface area contributed by atoms with E-state index in [2.05, 4.69) is 34.7 Å². The number of fused-ring (bicyclic) bond motifs is 1. The number of nitrogens with one attached hydrogen (secondary N) is 1. The van der Waals surface area contributed by atoms with Gasteiger partial charge >= 0.3 is 0 Å². The molecule has 3 aromatic rings. The molecule has 0 aliphatic carbocycles. The summed E-state index contributed by atoms with van der Waals surface area (Å²) in [7, 11) is 0. The number of carbonyl (C=O) groups excluding carboxylic acids is 2. The highest BCUT2D eigenvalue weighted by molar-refractivity contribution is 5.87. The van der Waals surface area contributed by atoms with E-state index in [1.54, 1.807) is 6.20 Å². The van der Waals surface area contributed by atoms with Crippen LogP contribution in [0.5, 0.6) is 0 Å². The van der Waals surface area contributed by atoms with Crippen molar-refractivity contribution in [1.82, 2.24) is 20.0 Å². The summed E-state index contributed by atoms with van der Waals surface area (Å²) in [5.74, 6) is 0.0896. The van der Waals surface area contributed by atoms with Gasteiger partial charge in [0, 0.05) is 44.9 Å². The maximum atomic E-state index is 12.4. The first kappa shape index (κ1) is 18.2. The van der Waals surface area contributed by atoms with Crippen LogP contribution in [-0.4, -0.2) is 39.1 Å². The van der Waals surface area contributed by atoms with Crippen LogP contribution >= 0.6 is 0 Å². The molecular formula is C22H24N4O2. The molecule has 0 spiro atoms. The normalized spacial score (nSPS) is 16.6. The standard InChI is InChI=1S/C22H24N4O2/c27-21(10-4-12-26-13-5-11-23-26)24-19-14-22(28)25(16-19)15-18-8-3-7-17-6-1-2-9-20(17)18/h1-3,5-9,11,13,19H,4,10,12,14-16H2,(H,24,27)/t19-/m1/s1. The van der Waals surface area contributed by atoms with Gasteiger partial charge in [0.2, 0.25) is 11.8 Å². The molecule has 1 N–H and O–H groups in total. The zero-order chi connectivity index (χ0) is 19.3. The second-order valence-electron chi connectivity index (χ2n) is 7.25. The van der Waals surface area contributed by atoms with Crippen molar-refractivity contribution in [2.75, 3.05) is 6.54 Å². The summed E-state index contributed by atoms with van der Waals surface area (Å²) in [5, 5.41) is 9.49. The predicted molar refractivity (Wildman–Crippen MR) is 107 cm³/mol. The number of benzene rings is 2. The Bertz CT molecular complexity index is 962. The van der Waals surface area contributed by atoms with E-state index in [1.807, 2.05) is 40.0 Å². The van der Waals surface area contributed by atoms with E-state index in [4.69, 9.17) is 0 Å². The molecule has 1 aliphatic heterocycles. The summed E-state index contributed by atoms with van der Waals surface area (Å²) in [5.41, 5.74) is 1.14. The summed E-state index contributed by atoms with van der Waals surface area (Å²) in [6.07, 6.45) is 5.16. The summed E-state index contributed by atoms with van der Waals surface area (Å²) >= 11 is 0. The Hall–Kier alpha value is -3.15. The highest BCUT2D eigenvalue weighted by atomic mass is 16.2. The number of likely N-dealkylation sites (tertiary alicyclic amines) is 1. The van der Waals surface area contributed by atoms with Crippen molar-refractivity contribution in [3.63, 3.8) is 0 Å². The van der Waals surface area contributed by atoms with Gasteiger partial charge < -0.3 is 10.2 Å². The van der Waals surface area contributed by atoms with Crippen molar-refractivity contribution in [3.8, 4) is 0 Å². The van der Waals surface area contributed by atoms with Gasteiger partial charge in [-0.05, 0) is 28.8 Å². The van der Waals surface area contributed by atoms with Crippen LogP contribution in [0.3, 0.4) is 0 Å². The second-order valence-corrected chi connectivity index (χ2v) is 7.25. The Kier molecular flexibility index (Phi) is 5.37. The molecule has 0 unspecified atom stereocenters. The van der Waals surface area contributed by atoms with Crippen LogP contribution < -0.4 is 5.32 Å². The van der Waals surface area contributed by atoms with E-state index in [9.17, 15) is 9.59 Å². The van der Waals surface area contributed by atoms with E-state index in [0.29, 0.717) is 25.9 Å². The zero-order valence-electron chi connectivity index (χ0n) is 15.8. The van der Waals surface area contributed by atoms with Crippen LogP contribution in [-0.2, 0) is 22.7 Å². The van der Waals surface area contributed by atoms with Crippen LogP contribution in [0.25, 0.3) is 10.8 Å². The minimum Gasteiger partial charge on any atom is -0.351 e. The average Bonchev–Trinajstić information content (AvgIpc) is 3.32. The minimum atomic E-state index is -0.111. The fourth-order valence-corrected chi connectivity index (χ4v) is 3.79. The molecule has 1 saturated heterocycles. The maximum absolute atomic E-state index is 12.4. The second kappa shape index (κ2) is 8.25. The summed E-state index contributed by atoms with van der Waals surface area (Å²) in [6, 6.07) is 16.1. The molecule has 0 radical (unpaired) electrons. The molecule has 6 heteroatoms. The lowest BCUT2D eigenvalue weighted by molar-refractivity contribution is -0.128. The van der Waals surface area contributed by atoms with Gasteiger partial charge in [0.1, 0.15) is 0 Å². The lowest BCUT2D eigenvalue weighted by atomic mass is 10.0. The monoisotopic (exact) mass is 376 g/mol. The van der Waals surface area contributed by atoms with Gasteiger partial charge in [-0.25, -0.2) is 0 Å². The molecule has 0 bridgehead atoms. The number of amides is 2. The Balaban J connectivity index is 1.30. The number of hydrogen-bond donors (Lipinski definition) is 1. The summed E-state index contributed by atoms with van der Waals surface area (Å²) in [4.78, 5) is 26.5. The molecule has 2 aromatic carbocycles. The Morgan fingerprint density at radius 3 is 2.86 bits per heavy atom. The van der Waals surface area contributed by atoms with Crippen molar-refractivity contribution in [3.05, 3.63) is 66.5 Å². The van der Waals surface area contributed by atoms with Gasteiger partial charge in [-0.3, -0.25) is 14.3 Å². The smallest absolute Gasteiger partial charge is 0.225 e. The van der Waals surface area contributed by atoms with Gasteiger partial charge in [0.05, 0.1) is 6.04 Å². The summed E-state index contributed by atoms with van der Waals surface area (Å²) < 4.78 is 1.82. The van der Waals surface area contributed by atoms with Crippen LogP contribution in [0.4, 0.5) is 0 Å². The molecule has 2 heterocycles. The van der Waals surface area contributed by atoms with E-state index in [-0.39, 0.29) is 17.9 Å². The van der Waals surface area contributed by atoms with Gasteiger partial charge in [0.15, 0.2) is 0 Å². The van der Waals surface area contributed by atoms with E-state index in [1.165, 1.54) is 10.8 Å². The third-order valence-corrected chi connectivity index (χ3v) is 5.17. The number of rotatable bonds is 7. The topological polar surface area (TPSA) is 67.2 Å². The maximum Gasteiger partial charge on any atom is 0.225 e. The number of hydrogen-bond acceptors (Lipinski definition) is 3. The van der Waals surface area contributed by atoms with Crippen molar-refractivity contribution in [2.45, 2.75) is 38.4 Å². The van der Waals surface area contributed by atoms with Gasteiger partial charge in [0.25, 0.3) is 0 Å². The molecule has 2 amide bonds. The molecule has 1 fully saturated rings. The Morgan fingerprint density at radius 1 is 1.14 bits per heavy atom. The fraction of sp³-hybridized carbons (Fsp3) is 0.318. The largest absolute Gasteiger partial charge is 0.351 e. The van der Waals surface area contributed by atoms with Crippen LogP contribution in [0.15, 0.2) is 60.9 Å². The molecule has 1 aliphatic rings. The van der Waals surface area contributed by atoms with Crippen LogP contribution in [0.1, 0.15) is 24.8 Å². The highest BCUT2D eigenvalue weighted by Gasteiger charge is 2.30. The Morgan fingerprint density at radius 2 is 2.00 bits per heavy atom. The third kappa shape index (κ3) is 4.22. The number of aromatic nitrogens is 2. The van der Waals surface area contributed by atoms with Crippen molar-refractivity contribution >= 4 is 22.6 Å². The highest BCUT2D eigenvalue weighted by Crippen LogP contribution is 2.22. The third-order valence-electron chi connectivity index (χ3n) is 5.17. The predicted octanol–water partition coefficient (Wildman–Crippen LogP) is 2.73. The van der Waals surface area contributed by atoms with Crippen molar-refractivity contribution in [2.24, 2.45) is 0 Å². The molecule has 1 aromatic heterocycles. The molecule has 6 nitrogen and oxygen atoms in total. The van der Waals surface area contributed by atoms with Crippen LogP contribution in [0.2, 0.25) is 0 Å². The zero-order valence-corrected chi connectivity index (χ0v) is 15.8. The average molecular weight is 376 g/mol. The van der Waals surface area contributed by atoms with Gasteiger partial charge in [-0.15, -0.1) is 0 Å². The fourth-order valence-electron chi connectivity index (χ4n) is 3.79. The Labute approximate surface area is 164 Å². The van der Waals surface area contributed by atoms with E-state index in [0.717, 1.165) is 18.5 Å². The lowest BCUT2D eigenvalue weighted by Crippen LogP contribution is -2.37. The number of nitrogens with zero attached hydrogens (tertiary/aromatic N) is 3. The number of aryl methyl sites for hydroxylation is 1. The van der Waals surface area contributed by atoms with E-state index < -0.39 is 0 Å². The molecule has 1 atom stereocenters. The van der Waals surface area contributed by atoms with Gasteiger partial charge in [-0.1, -0.05) is 42.5 Å². The molecule has 144 valence electrons. The first-order valence-electron chi connectivity index (χ1n) is 9.70. The quantitative estimate of drug-likeness (QED) is 0.689. The van der Waals surface area contributed by atoms with Crippen molar-refractivity contribution < 1.29 is 9.59 Å². The SMILES string of the molecule is O=C(CCCn1cccn1)N[C@@H]1CC(=O)N(Cc2cccc3ccccc23)C1. The first-order valence-corrected chi connectivity index (χ1v) is 9.70. The molecular weight excluding hydrogens is 352 g/mol. The molecule has 4 rings (SSSR count). The molecule has 28 heavy (non-hydrogen) atoms. The van der Waals surface area contributed by atoms with E-state index >= 15 is 0 Å². The molecule has 0 saturated carbocycles.